The molecule has 0 aliphatic rings. The molecule has 21 heavy (non-hydrogen) atoms. The van der Waals surface area contributed by atoms with Crippen LogP contribution < -0.4 is 11.1 Å². The van der Waals surface area contributed by atoms with Crippen molar-refractivity contribution in [1.82, 2.24) is 10.3 Å². The van der Waals surface area contributed by atoms with Gasteiger partial charge in [0, 0.05) is 17.1 Å². The summed E-state index contributed by atoms with van der Waals surface area (Å²) in [6, 6.07) is 11.0. The highest BCUT2D eigenvalue weighted by Crippen LogP contribution is 2.18. The summed E-state index contributed by atoms with van der Waals surface area (Å²) in [4.78, 5) is 15.2. The van der Waals surface area contributed by atoms with Crippen LogP contribution in [0.15, 0.2) is 53.3 Å². The van der Waals surface area contributed by atoms with Crippen molar-refractivity contribution in [2.45, 2.75) is 19.0 Å². The smallest absolute Gasteiger partial charge is 0.237 e. The van der Waals surface area contributed by atoms with Crippen LogP contribution in [0.3, 0.4) is 0 Å². The first-order chi connectivity index (χ1) is 10.2. The van der Waals surface area contributed by atoms with Gasteiger partial charge in [-0.3, -0.25) is 4.79 Å². The van der Waals surface area contributed by atoms with Crippen LogP contribution >= 0.6 is 0 Å². The lowest BCUT2D eigenvalue weighted by Crippen LogP contribution is -2.41. The quantitative estimate of drug-likeness (QED) is 0.669. The molecule has 0 aliphatic heterocycles. The number of furan rings is 1. The highest BCUT2D eigenvalue weighted by molar-refractivity contribution is 5.86. The normalized spacial score (nSPS) is 12.4. The lowest BCUT2D eigenvalue weighted by molar-refractivity contribution is -0.122. The number of amides is 1. The standard InChI is InChI=1S/C16H17N3O2/c17-14(16(20)19-10-12-4-3-7-21-12)8-11-9-18-15-6-2-1-5-13(11)15/h1-7,9,14,18H,8,10,17H2,(H,19,20). The van der Waals surface area contributed by atoms with Crippen LogP contribution in [-0.4, -0.2) is 16.9 Å². The molecule has 0 spiro atoms. The fraction of sp³-hybridized carbons (Fsp3) is 0.188. The number of fused-ring (bicyclic) bond motifs is 1. The monoisotopic (exact) mass is 283 g/mol. The minimum Gasteiger partial charge on any atom is -0.467 e. The number of H-pyrrole nitrogens is 1. The van der Waals surface area contributed by atoms with Gasteiger partial charge < -0.3 is 20.5 Å². The molecule has 0 saturated carbocycles. The van der Waals surface area contributed by atoms with E-state index in [0.29, 0.717) is 18.7 Å². The molecule has 0 fully saturated rings. The van der Waals surface area contributed by atoms with Gasteiger partial charge in [-0.2, -0.15) is 0 Å². The zero-order valence-electron chi connectivity index (χ0n) is 11.5. The number of rotatable bonds is 5. The van der Waals surface area contributed by atoms with Crippen LogP contribution in [0, 0.1) is 0 Å². The number of carbonyl (C=O) groups is 1. The molecule has 1 amide bonds. The molecule has 108 valence electrons. The summed E-state index contributed by atoms with van der Waals surface area (Å²) < 4.78 is 5.17. The Morgan fingerprint density at radius 3 is 2.95 bits per heavy atom. The van der Waals surface area contributed by atoms with Crippen LogP contribution in [-0.2, 0) is 17.8 Å². The molecule has 2 aromatic heterocycles. The van der Waals surface area contributed by atoms with Gasteiger partial charge in [-0.1, -0.05) is 18.2 Å². The molecule has 1 aromatic carbocycles. The van der Waals surface area contributed by atoms with Crippen LogP contribution in [0.2, 0.25) is 0 Å². The van der Waals surface area contributed by atoms with E-state index < -0.39 is 6.04 Å². The number of nitrogens with one attached hydrogen (secondary N) is 2. The van der Waals surface area contributed by atoms with Gasteiger partial charge in [0.1, 0.15) is 5.76 Å². The van der Waals surface area contributed by atoms with Gasteiger partial charge in [-0.15, -0.1) is 0 Å². The first-order valence-electron chi connectivity index (χ1n) is 6.84. The number of benzene rings is 1. The number of hydrogen-bond donors (Lipinski definition) is 3. The predicted molar refractivity (Wildman–Crippen MR) is 80.5 cm³/mol. The Bertz CT molecular complexity index is 731. The molecule has 0 radical (unpaired) electrons. The van der Waals surface area contributed by atoms with Crippen molar-refractivity contribution in [2.75, 3.05) is 0 Å². The molecule has 5 heteroatoms. The Morgan fingerprint density at radius 1 is 1.29 bits per heavy atom. The van der Waals surface area contributed by atoms with Crippen molar-refractivity contribution < 1.29 is 9.21 Å². The number of nitrogens with two attached hydrogens (primary N) is 1. The fourth-order valence-electron chi connectivity index (χ4n) is 2.35. The Morgan fingerprint density at radius 2 is 2.14 bits per heavy atom. The number of aromatic nitrogens is 1. The molecular formula is C16H17N3O2. The minimum absolute atomic E-state index is 0.184. The lowest BCUT2D eigenvalue weighted by Gasteiger charge is -2.11. The maximum Gasteiger partial charge on any atom is 0.237 e. The molecule has 1 atom stereocenters. The van der Waals surface area contributed by atoms with E-state index in [4.69, 9.17) is 10.2 Å². The molecule has 1 unspecified atom stereocenters. The summed E-state index contributed by atoms with van der Waals surface area (Å²) >= 11 is 0. The van der Waals surface area contributed by atoms with Gasteiger partial charge in [0.15, 0.2) is 0 Å². The van der Waals surface area contributed by atoms with Gasteiger partial charge in [-0.25, -0.2) is 0 Å². The molecule has 3 aromatic rings. The molecule has 4 N–H and O–H groups in total. The molecule has 5 nitrogen and oxygen atoms in total. The number of hydrogen-bond acceptors (Lipinski definition) is 3. The fourth-order valence-corrected chi connectivity index (χ4v) is 2.35. The van der Waals surface area contributed by atoms with Crippen LogP contribution in [0.5, 0.6) is 0 Å². The van der Waals surface area contributed by atoms with Crippen molar-refractivity contribution >= 4 is 16.8 Å². The van der Waals surface area contributed by atoms with E-state index >= 15 is 0 Å². The molecule has 0 saturated heterocycles. The predicted octanol–water partition coefficient (Wildman–Crippen LogP) is 1.95. The lowest BCUT2D eigenvalue weighted by atomic mass is 10.1. The average molecular weight is 283 g/mol. The maximum atomic E-state index is 12.0. The van der Waals surface area contributed by atoms with Crippen molar-refractivity contribution in [3.8, 4) is 0 Å². The number of aromatic amines is 1. The molecule has 3 rings (SSSR count). The summed E-state index contributed by atoms with van der Waals surface area (Å²) in [5.41, 5.74) is 8.08. The second-order valence-electron chi connectivity index (χ2n) is 4.97. The van der Waals surface area contributed by atoms with Crippen LogP contribution in [0.25, 0.3) is 10.9 Å². The van der Waals surface area contributed by atoms with E-state index in [1.54, 1.807) is 12.3 Å². The van der Waals surface area contributed by atoms with E-state index in [2.05, 4.69) is 10.3 Å². The van der Waals surface area contributed by atoms with E-state index in [9.17, 15) is 4.79 Å². The van der Waals surface area contributed by atoms with Crippen LogP contribution in [0.1, 0.15) is 11.3 Å². The summed E-state index contributed by atoms with van der Waals surface area (Å²) in [5, 5.41) is 3.88. The molecular weight excluding hydrogens is 266 g/mol. The van der Waals surface area contributed by atoms with Gasteiger partial charge >= 0.3 is 0 Å². The Labute approximate surface area is 122 Å². The summed E-state index contributed by atoms with van der Waals surface area (Å²) in [5.74, 6) is 0.527. The van der Waals surface area contributed by atoms with Gasteiger partial charge in [0.05, 0.1) is 18.8 Å². The zero-order chi connectivity index (χ0) is 14.7. The second kappa shape index (κ2) is 5.85. The SMILES string of the molecule is NC(Cc1c[nH]c2ccccc12)C(=O)NCc1ccco1. The van der Waals surface area contributed by atoms with Crippen LogP contribution in [0.4, 0.5) is 0 Å². The molecule has 2 heterocycles. The summed E-state index contributed by atoms with van der Waals surface area (Å²) in [7, 11) is 0. The molecule has 0 bridgehead atoms. The maximum absolute atomic E-state index is 12.0. The largest absolute Gasteiger partial charge is 0.467 e. The topological polar surface area (TPSA) is 84.0 Å². The zero-order valence-corrected chi connectivity index (χ0v) is 11.5. The first-order valence-corrected chi connectivity index (χ1v) is 6.84. The Balaban J connectivity index is 1.62. The van der Waals surface area contributed by atoms with E-state index in [0.717, 1.165) is 16.5 Å². The van der Waals surface area contributed by atoms with Crippen molar-refractivity contribution in [3.05, 3.63) is 60.2 Å². The third-order valence-corrected chi connectivity index (χ3v) is 3.47. The number of carbonyl (C=O) groups excluding carboxylic acids is 1. The average Bonchev–Trinajstić information content (AvgIpc) is 3.15. The number of para-hydroxylation sites is 1. The Hall–Kier alpha value is -2.53. The van der Waals surface area contributed by atoms with Gasteiger partial charge in [0.25, 0.3) is 0 Å². The second-order valence-corrected chi connectivity index (χ2v) is 4.97. The van der Waals surface area contributed by atoms with E-state index in [-0.39, 0.29) is 5.91 Å². The minimum atomic E-state index is -0.584. The highest BCUT2D eigenvalue weighted by atomic mass is 16.3. The summed E-state index contributed by atoms with van der Waals surface area (Å²) in [6.07, 6.45) is 3.98. The molecule has 0 aliphatic carbocycles. The van der Waals surface area contributed by atoms with Crippen molar-refractivity contribution in [3.63, 3.8) is 0 Å². The van der Waals surface area contributed by atoms with E-state index in [1.807, 2.05) is 36.5 Å². The van der Waals surface area contributed by atoms with Crippen molar-refractivity contribution in [2.24, 2.45) is 5.73 Å². The summed E-state index contributed by atoms with van der Waals surface area (Å²) in [6.45, 7) is 0.355. The third-order valence-electron chi connectivity index (χ3n) is 3.47. The van der Waals surface area contributed by atoms with Crippen molar-refractivity contribution in [1.29, 1.82) is 0 Å². The first kappa shape index (κ1) is 13.5. The third kappa shape index (κ3) is 2.98. The van der Waals surface area contributed by atoms with Gasteiger partial charge in [-0.05, 0) is 30.2 Å². The van der Waals surface area contributed by atoms with Gasteiger partial charge in [0.2, 0.25) is 5.91 Å². The Kier molecular flexibility index (Phi) is 3.75. The highest BCUT2D eigenvalue weighted by Gasteiger charge is 2.16. The van der Waals surface area contributed by atoms with E-state index in [1.165, 1.54) is 0 Å².